The zero-order valence-corrected chi connectivity index (χ0v) is 14.0. The molecule has 1 heterocycles. The molecule has 0 bridgehead atoms. The first-order valence-corrected chi connectivity index (χ1v) is 8.60. The molecule has 0 aliphatic rings. The monoisotopic (exact) mass is 380 g/mol. The van der Waals surface area contributed by atoms with Gasteiger partial charge in [-0.1, -0.05) is 45.7 Å². The van der Waals surface area contributed by atoms with Crippen LogP contribution in [0.2, 0.25) is 5.02 Å². The summed E-state index contributed by atoms with van der Waals surface area (Å²) in [5, 5.41) is 4.31. The summed E-state index contributed by atoms with van der Waals surface area (Å²) in [6.45, 7) is 0. The van der Waals surface area contributed by atoms with Crippen LogP contribution in [-0.4, -0.2) is 5.97 Å². The van der Waals surface area contributed by atoms with Crippen LogP contribution in [0.1, 0.15) is 15.9 Å². The Bertz CT molecular complexity index is 799. The van der Waals surface area contributed by atoms with Gasteiger partial charge in [-0.25, -0.2) is 4.79 Å². The van der Waals surface area contributed by atoms with Crippen molar-refractivity contribution >= 4 is 54.9 Å². The molecule has 2 aromatic carbocycles. The highest BCUT2D eigenvalue weighted by atomic mass is 79.9. The van der Waals surface area contributed by atoms with E-state index in [2.05, 4.69) is 21.3 Å². The molecule has 0 saturated heterocycles. The molecular formula is C16H10BrClO2S. The Hall–Kier alpha value is -1.36. The zero-order chi connectivity index (χ0) is 14.8. The van der Waals surface area contributed by atoms with Crippen molar-refractivity contribution in [1.82, 2.24) is 0 Å². The maximum absolute atomic E-state index is 12.1. The minimum Gasteiger partial charge on any atom is -0.421 e. The second kappa shape index (κ2) is 6.18. The van der Waals surface area contributed by atoms with Crippen molar-refractivity contribution in [3.63, 3.8) is 0 Å². The van der Waals surface area contributed by atoms with E-state index < -0.39 is 5.97 Å². The number of rotatable bonds is 3. The van der Waals surface area contributed by atoms with E-state index >= 15 is 0 Å². The third-order valence-electron chi connectivity index (χ3n) is 3.06. The van der Waals surface area contributed by atoms with Crippen LogP contribution < -0.4 is 4.74 Å². The largest absolute Gasteiger partial charge is 0.421 e. The lowest BCUT2D eigenvalue weighted by atomic mass is 10.2. The summed E-state index contributed by atoms with van der Waals surface area (Å²) in [5.74, 6) is -0.0221. The molecule has 0 saturated carbocycles. The fourth-order valence-electron chi connectivity index (χ4n) is 2.00. The van der Waals surface area contributed by atoms with Crippen molar-refractivity contribution < 1.29 is 9.53 Å². The van der Waals surface area contributed by atoms with Gasteiger partial charge in [0.05, 0.1) is 10.6 Å². The molecule has 21 heavy (non-hydrogen) atoms. The predicted octanol–water partition coefficient (Wildman–Crippen LogP) is 5.67. The van der Waals surface area contributed by atoms with Crippen LogP contribution in [-0.2, 0) is 5.33 Å². The van der Waals surface area contributed by atoms with E-state index in [-0.39, 0.29) is 0 Å². The summed E-state index contributed by atoms with van der Waals surface area (Å²) in [7, 11) is 0. The summed E-state index contributed by atoms with van der Waals surface area (Å²) in [6, 6.07) is 12.5. The van der Waals surface area contributed by atoms with Crippen LogP contribution >= 0.6 is 38.9 Å². The molecule has 0 amide bonds. The van der Waals surface area contributed by atoms with Crippen LogP contribution in [0, 0.1) is 0 Å². The van der Waals surface area contributed by atoms with Gasteiger partial charge in [-0.3, -0.25) is 0 Å². The second-order valence-corrected chi connectivity index (χ2v) is 6.31. The highest BCUT2D eigenvalue weighted by Gasteiger charge is 2.13. The number of hydrogen-bond donors (Lipinski definition) is 0. The molecule has 0 aliphatic carbocycles. The van der Waals surface area contributed by atoms with E-state index in [0.29, 0.717) is 16.3 Å². The normalized spacial score (nSPS) is 10.8. The number of esters is 1. The van der Waals surface area contributed by atoms with E-state index in [1.807, 2.05) is 18.2 Å². The number of carbonyl (C=O) groups excluding carboxylic acids is 1. The molecular weight excluding hydrogens is 372 g/mol. The Morgan fingerprint density at radius 3 is 2.71 bits per heavy atom. The number of fused-ring (bicyclic) bond motifs is 1. The van der Waals surface area contributed by atoms with Gasteiger partial charge >= 0.3 is 5.97 Å². The molecule has 3 rings (SSSR count). The van der Waals surface area contributed by atoms with Crippen LogP contribution in [0.5, 0.6) is 5.75 Å². The summed E-state index contributed by atoms with van der Waals surface area (Å²) in [5.41, 5.74) is 1.66. The molecule has 0 spiro atoms. The molecule has 2 nitrogen and oxygen atoms in total. The van der Waals surface area contributed by atoms with Crippen LogP contribution in [0.25, 0.3) is 10.1 Å². The molecule has 5 heteroatoms. The Morgan fingerprint density at radius 1 is 1.24 bits per heavy atom. The standard InChI is InChI=1S/C16H10BrClO2S/c17-8-11-9-21-15-7-13(18)14(6-12(11)15)20-16(19)10-4-2-1-3-5-10/h1-7,9H,8H2. The van der Waals surface area contributed by atoms with Crippen molar-refractivity contribution in [2.45, 2.75) is 5.33 Å². The molecule has 0 fully saturated rings. The Morgan fingerprint density at radius 2 is 2.00 bits per heavy atom. The topological polar surface area (TPSA) is 26.3 Å². The number of benzene rings is 2. The van der Waals surface area contributed by atoms with Gasteiger partial charge in [0.2, 0.25) is 0 Å². The fraction of sp³-hybridized carbons (Fsp3) is 0.0625. The van der Waals surface area contributed by atoms with Crippen LogP contribution in [0.4, 0.5) is 0 Å². The van der Waals surface area contributed by atoms with Gasteiger partial charge in [0.15, 0.2) is 5.75 Å². The molecule has 106 valence electrons. The Labute approximate surface area is 139 Å². The molecule has 0 aliphatic heterocycles. The van der Waals surface area contributed by atoms with E-state index in [1.54, 1.807) is 35.6 Å². The number of ether oxygens (including phenoxy) is 1. The molecule has 0 unspecified atom stereocenters. The number of hydrogen-bond acceptors (Lipinski definition) is 3. The summed E-state index contributed by atoms with van der Waals surface area (Å²) >= 11 is 11.3. The SMILES string of the molecule is O=C(Oc1cc2c(CBr)csc2cc1Cl)c1ccccc1. The maximum atomic E-state index is 12.1. The van der Waals surface area contributed by atoms with Gasteiger partial charge in [-0.15, -0.1) is 11.3 Å². The average molecular weight is 382 g/mol. The smallest absolute Gasteiger partial charge is 0.343 e. The van der Waals surface area contributed by atoms with Crippen LogP contribution in [0.3, 0.4) is 0 Å². The lowest BCUT2D eigenvalue weighted by Crippen LogP contribution is -2.08. The van der Waals surface area contributed by atoms with Gasteiger partial charge in [-0.2, -0.15) is 0 Å². The Kier molecular flexibility index (Phi) is 4.29. The average Bonchev–Trinajstić information content (AvgIpc) is 2.90. The number of alkyl halides is 1. The summed E-state index contributed by atoms with van der Waals surface area (Å²) in [4.78, 5) is 12.1. The van der Waals surface area contributed by atoms with Gasteiger partial charge < -0.3 is 4.74 Å². The van der Waals surface area contributed by atoms with E-state index in [9.17, 15) is 4.79 Å². The van der Waals surface area contributed by atoms with E-state index in [1.165, 1.54) is 0 Å². The fourth-order valence-corrected chi connectivity index (χ4v) is 3.92. The molecule has 3 aromatic rings. The van der Waals surface area contributed by atoms with Crippen LogP contribution in [0.15, 0.2) is 47.8 Å². The number of halogens is 2. The summed E-state index contributed by atoms with van der Waals surface area (Å²) in [6.07, 6.45) is 0. The molecule has 0 atom stereocenters. The lowest BCUT2D eigenvalue weighted by molar-refractivity contribution is 0.0735. The predicted molar refractivity (Wildman–Crippen MR) is 90.9 cm³/mol. The van der Waals surface area contributed by atoms with Gasteiger partial charge in [-0.05, 0) is 35.2 Å². The highest BCUT2D eigenvalue weighted by Crippen LogP contribution is 2.36. The second-order valence-electron chi connectivity index (χ2n) is 4.43. The van der Waals surface area contributed by atoms with Crippen molar-refractivity contribution in [3.8, 4) is 5.75 Å². The van der Waals surface area contributed by atoms with Crippen molar-refractivity contribution in [1.29, 1.82) is 0 Å². The first kappa shape index (κ1) is 14.6. The minimum absolute atomic E-state index is 0.388. The van der Waals surface area contributed by atoms with Crippen molar-refractivity contribution in [2.24, 2.45) is 0 Å². The third-order valence-corrected chi connectivity index (χ3v) is 4.96. The molecule has 0 N–H and O–H groups in total. The minimum atomic E-state index is -0.410. The first-order chi connectivity index (χ1) is 10.2. The number of thiophene rings is 1. The maximum Gasteiger partial charge on any atom is 0.343 e. The zero-order valence-electron chi connectivity index (χ0n) is 10.8. The van der Waals surface area contributed by atoms with Crippen molar-refractivity contribution in [2.75, 3.05) is 0 Å². The van der Waals surface area contributed by atoms with Gasteiger partial charge in [0.1, 0.15) is 0 Å². The lowest BCUT2D eigenvalue weighted by Gasteiger charge is -2.07. The summed E-state index contributed by atoms with van der Waals surface area (Å²) < 4.78 is 6.50. The first-order valence-electron chi connectivity index (χ1n) is 6.22. The molecule has 1 aromatic heterocycles. The molecule has 0 radical (unpaired) electrons. The number of carbonyl (C=O) groups is 1. The van der Waals surface area contributed by atoms with E-state index in [4.69, 9.17) is 16.3 Å². The van der Waals surface area contributed by atoms with Gasteiger partial charge in [0.25, 0.3) is 0 Å². The van der Waals surface area contributed by atoms with Crippen molar-refractivity contribution in [3.05, 3.63) is 64.0 Å². The van der Waals surface area contributed by atoms with E-state index in [0.717, 1.165) is 21.0 Å². The Balaban J connectivity index is 1.96. The quantitative estimate of drug-likeness (QED) is 0.332. The third kappa shape index (κ3) is 2.98. The highest BCUT2D eigenvalue weighted by molar-refractivity contribution is 9.08. The van der Waals surface area contributed by atoms with Gasteiger partial charge in [0, 0.05) is 15.4 Å².